The molecule has 0 unspecified atom stereocenters. The lowest BCUT2D eigenvalue weighted by Crippen LogP contribution is -2.36. The zero-order chi connectivity index (χ0) is 11.4. The van der Waals surface area contributed by atoms with Crippen molar-refractivity contribution in [3.8, 4) is 0 Å². The number of hydrogen-bond acceptors (Lipinski definition) is 1. The average molecular weight is 282 g/mol. The van der Waals surface area contributed by atoms with Gasteiger partial charge in [-0.15, -0.1) is 0 Å². The van der Waals surface area contributed by atoms with E-state index in [0.717, 1.165) is 12.1 Å². The highest BCUT2D eigenvalue weighted by Crippen LogP contribution is 2.32. The quantitative estimate of drug-likeness (QED) is 0.845. The van der Waals surface area contributed by atoms with Crippen LogP contribution in [0.4, 0.5) is 0 Å². The lowest BCUT2D eigenvalue weighted by Gasteiger charge is -2.31. The number of carbonyl (C=O) groups is 1. The fourth-order valence-corrected chi connectivity index (χ4v) is 2.98. The minimum absolute atomic E-state index is 0.129. The third-order valence-corrected chi connectivity index (χ3v) is 3.72. The van der Waals surface area contributed by atoms with E-state index in [1.807, 2.05) is 30.3 Å². The molecule has 1 N–H and O–H groups in total. The van der Waals surface area contributed by atoms with E-state index in [9.17, 15) is 4.79 Å². The van der Waals surface area contributed by atoms with Crippen LogP contribution in [0.15, 0.2) is 30.3 Å². The molecule has 1 fully saturated rings. The number of nitrogens with one attached hydrogen (secondary N) is 1. The van der Waals surface area contributed by atoms with Crippen LogP contribution in [-0.2, 0) is 11.2 Å². The van der Waals surface area contributed by atoms with E-state index in [-0.39, 0.29) is 5.91 Å². The van der Waals surface area contributed by atoms with Gasteiger partial charge in [0.25, 0.3) is 0 Å². The number of halogens is 1. The highest BCUT2D eigenvalue weighted by molar-refractivity contribution is 9.09. The summed E-state index contributed by atoms with van der Waals surface area (Å²) >= 11 is 3.55. The Morgan fingerprint density at radius 2 is 2.00 bits per heavy atom. The number of amides is 1. The van der Waals surface area contributed by atoms with Gasteiger partial charge in [0.15, 0.2) is 0 Å². The zero-order valence-corrected chi connectivity index (χ0v) is 10.7. The summed E-state index contributed by atoms with van der Waals surface area (Å²) in [4.78, 5) is 12.3. The van der Waals surface area contributed by atoms with Crippen molar-refractivity contribution in [3.63, 3.8) is 0 Å². The van der Waals surface area contributed by atoms with Gasteiger partial charge in [-0.2, -0.15) is 0 Å². The molecule has 0 bridgehead atoms. The molecule has 0 saturated heterocycles. The minimum Gasteiger partial charge on any atom is -0.356 e. The van der Waals surface area contributed by atoms with Crippen molar-refractivity contribution in [1.29, 1.82) is 0 Å². The van der Waals surface area contributed by atoms with Gasteiger partial charge in [0, 0.05) is 11.4 Å². The summed E-state index contributed by atoms with van der Waals surface area (Å²) in [5.41, 5.74) is 1.08. The first-order valence-electron chi connectivity index (χ1n) is 5.68. The SMILES string of the molecule is O=C(Cc1ccccc1)NCC1CC(Br)C1. The summed E-state index contributed by atoms with van der Waals surface area (Å²) < 4.78 is 0. The largest absolute Gasteiger partial charge is 0.356 e. The van der Waals surface area contributed by atoms with Crippen LogP contribution in [0, 0.1) is 5.92 Å². The van der Waals surface area contributed by atoms with E-state index in [4.69, 9.17) is 0 Å². The molecule has 1 aliphatic carbocycles. The van der Waals surface area contributed by atoms with Gasteiger partial charge in [-0.05, 0) is 24.3 Å². The van der Waals surface area contributed by atoms with Gasteiger partial charge in [-0.25, -0.2) is 0 Å². The summed E-state index contributed by atoms with van der Waals surface area (Å²) in [7, 11) is 0. The molecule has 86 valence electrons. The van der Waals surface area contributed by atoms with Gasteiger partial charge in [0.1, 0.15) is 0 Å². The van der Waals surface area contributed by atoms with Crippen LogP contribution in [0.1, 0.15) is 18.4 Å². The maximum atomic E-state index is 11.6. The second-order valence-electron chi connectivity index (χ2n) is 4.40. The van der Waals surface area contributed by atoms with Crippen molar-refractivity contribution in [3.05, 3.63) is 35.9 Å². The van der Waals surface area contributed by atoms with E-state index in [1.54, 1.807) is 0 Å². The number of rotatable bonds is 4. The Morgan fingerprint density at radius 3 is 2.62 bits per heavy atom. The average Bonchev–Trinajstić information content (AvgIpc) is 2.24. The van der Waals surface area contributed by atoms with Gasteiger partial charge in [-0.3, -0.25) is 4.79 Å². The second-order valence-corrected chi connectivity index (χ2v) is 5.70. The third-order valence-electron chi connectivity index (χ3n) is 2.97. The van der Waals surface area contributed by atoms with Gasteiger partial charge in [0.05, 0.1) is 6.42 Å². The Morgan fingerprint density at radius 1 is 1.31 bits per heavy atom. The summed E-state index contributed by atoms with van der Waals surface area (Å²) in [6, 6.07) is 9.86. The monoisotopic (exact) mass is 281 g/mol. The number of alkyl halides is 1. The molecule has 1 aromatic rings. The standard InChI is InChI=1S/C13H16BrNO/c14-12-6-11(7-12)9-15-13(16)8-10-4-2-1-3-5-10/h1-5,11-12H,6-9H2,(H,15,16). The molecule has 0 aliphatic heterocycles. The minimum atomic E-state index is 0.129. The smallest absolute Gasteiger partial charge is 0.224 e. The van der Waals surface area contributed by atoms with E-state index in [1.165, 1.54) is 12.8 Å². The molecule has 1 aromatic carbocycles. The van der Waals surface area contributed by atoms with Crippen molar-refractivity contribution >= 4 is 21.8 Å². The highest BCUT2D eigenvalue weighted by Gasteiger charge is 2.26. The fourth-order valence-electron chi connectivity index (χ4n) is 1.92. The van der Waals surface area contributed by atoms with E-state index < -0.39 is 0 Å². The third kappa shape index (κ3) is 3.34. The van der Waals surface area contributed by atoms with Crippen LogP contribution in [0.2, 0.25) is 0 Å². The molecule has 0 spiro atoms. The Bertz CT molecular complexity index is 346. The molecule has 2 nitrogen and oxygen atoms in total. The maximum Gasteiger partial charge on any atom is 0.224 e. The van der Waals surface area contributed by atoms with Crippen LogP contribution in [0.5, 0.6) is 0 Å². The first-order chi connectivity index (χ1) is 7.74. The molecule has 0 radical (unpaired) electrons. The topological polar surface area (TPSA) is 29.1 Å². The van der Waals surface area contributed by atoms with Gasteiger partial charge in [-0.1, -0.05) is 46.3 Å². The summed E-state index contributed by atoms with van der Waals surface area (Å²) in [5.74, 6) is 0.799. The molecule has 1 saturated carbocycles. The first kappa shape index (κ1) is 11.6. The van der Waals surface area contributed by atoms with E-state index in [0.29, 0.717) is 17.2 Å². The van der Waals surface area contributed by atoms with Crippen LogP contribution >= 0.6 is 15.9 Å². The zero-order valence-electron chi connectivity index (χ0n) is 9.16. The molecule has 2 rings (SSSR count). The van der Waals surface area contributed by atoms with Crippen molar-refractivity contribution < 1.29 is 4.79 Å². The van der Waals surface area contributed by atoms with Crippen molar-refractivity contribution in [2.75, 3.05) is 6.54 Å². The van der Waals surface area contributed by atoms with E-state index >= 15 is 0 Å². The van der Waals surface area contributed by atoms with E-state index in [2.05, 4.69) is 21.2 Å². The molecule has 1 amide bonds. The Balaban J connectivity index is 1.69. The maximum absolute atomic E-state index is 11.6. The molecule has 0 heterocycles. The molecule has 0 atom stereocenters. The van der Waals surface area contributed by atoms with Crippen LogP contribution in [0.25, 0.3) is 0 Å². The van der Waals surface area contributed by atoms with Gasteiger partial charge >= 0.3 is 0 Å². The number of benzene rings is 1. The van der Waals surface area contributed by atoms with Crippen molar-refractivity contribution in [2.24, 2.45) is 5.92 Å². The fraction of sp³-hybridized carbons (Fsp3) is 0.462. The van der Waals surface area contributed by atoms with Crippen molar-refractivity contribution in [2.45, 2.75) is 24.1 Å². The molecule has 0 aromatic heterocycles. The number of carbonyl (C=O) groups excluding carboxylic acids is 1. The van der Waals surface area contributed by atoms with Crippen LogP contribution < -0.4 is 5.32 Å². The summed E-state index contributed by atoms with van der Waals surface area (Å²) in [6.07, 6.45) is 2.86. The lowest BCUT2D eigenvalue weighted by atomic mass is 9.85. The summed E-state index contributed by atoms with van der Waals surface area (Å²) in [5, 5.41) is 2.99. The van der Waals surface area contributed by atoms with Crippen LogP contribution in [-0.4, -0.2) is 17.3 Å². The predicted molar refractivity (Wildman–Crippen MR) is 68.6 cm³/mol. The summed E-state index contributed by atoms with van der Waals surface area (Å²) in [6.45, 7) is 0.827. The molecule has 3 heteroatoms. The van der Waals surface area contributed by atoms with Crippen molar-refractivity contribution in [1.82, 2.24) is 5.32 Å². The Kier molecular flexibility index (Phi) is 3.99. The molecule has 1 aliphatic rings. The lowest BCUT2D eigenvalue weighted by molar-refractivity contribution is -0.120. The first-order valence-corrected chi connectivity index (χ1v) is 6.60. The number of hydrogen-bond donors (Lipinski definition) is 1. The predicted octanol–water partition coefficient (Wildman–Crippen LogP) is 2.52. The van der Waals surface area contributed by atoms with Gasteiger partial charge in [0.2, 0.25) is 5.91 Å². The van der Waals surface area contributed by atoms with Crippen LogP contribution in [0.3, 0.4) is 0 Å². The molecular weight excluding hydrogens is 266 g/mol. The second kappa shape index (κ2) is 5.48. The normalized spacial score (nSPS) is 23.6. The Labute approximate surface area is 105 Å². The van der Waals surface area contributed by atoms with Gasteiger partial charge < -0.3 is 5.32 Å². The molecule has 16 heavy (non-hydrogen) atoms. The Hall–Kier alpha value is -0.830. The highest BCUT2D eigenvalue weighted by atomic mass is 79.9. The molecular formula is C13H16BrNO.